The highest BCUT2D eigenvalue weighted by atomic mass is 16.6. The monoisotopic (exact) mass is 288 g/mol. The first kappa shape index (κ1) is 17.3. The van der Waals surface area contributed by atoms with Gasteiger partial charge in [0.1, 0.15) is 24.4 Å². The van der Waals surface area contributed by atoms with Crippen molar-refractivity contribution < 1.29 is 29.2 Å². The Morgan fingerprint density at radius 3 is 1.65 bits per heavy atom. The molecule has 2 aliphatic rings. The summed E-state index contributed by atoms with van der Waals surface area (Å²) >= 11 is 0. The van der Waals surface area contributed by atoms with Gasteiger partial charge in [0.15, 0.2) is 0 Å². The van der Waals surface area contributed by atoms with E-state index in [9.17, 15) is 0 Å². The zero-order valence-corrected chi connectivity index (χ0v) is 11.6. The van der Waals surface area contributed by atoms with E-state index in [2.05, 4.69) is 17.9 Å². The van der Waals surface area contributed by atoms with E-state index >= 15 is 0 Å². The lowest BCUT2D eigenvalue weighted by molar-refractivity contribution is 0.0119. The number of rotatable bonds is 10. The van der Waals surface area contributed by atoms with Crippen LogP contribution in [0.15, 0.2) is 25.3 Å². The molecule has 4 unspecified atom stereocenters. The Kier molecular flexibility index (Phi) is 8.68. The van der Waals surface area contributed by atoms with Crippen LogP contribution in [-0.2, 0) is 18.9 Å². The van der Waals surface area contributed by atoms with Gasteiger partial charge >= 0.3 is 0 Å². The second-order valence-corrected chi connectivity index (χ2v) is 4.34. The van der Waals surface area contributed by atoms with E-state index < -0.39 is 0 Å². The van der Waals surface area contributed by atoms with Crippen molar-refractivity contribution in [3.8, 4) is 0 Å². The Bertz CT molecular complexity index is 249. The topological polar surface area (TPSA) is 84.0 Å². The van der Waals surface area contributed by atoms with Crippen LogP contribution < -0.4 is 0 Å². The molecule has 6 nitrogen and oxygen atoms in total. The predicted octanol–water partition coefficient (Wildman–Crippen LogP) is -0.103. The third-order valence-corrected chi connectivity index (χ3v) is 2.70. The highest BCUT2D eigenvalue weighted by molar-refractivity contribution is 4.99. The molecular weight excluding hydrogens is 264 g/mol. The quantitative estimate of drug-likeness (QED) is 0.332. The van der Waals surface area contributed by atoms with Gasteiger partial charge in [-0.25, -0.2) is 0 Å². The van der Waals surface area contributed by atoms with E-state index in [1.165, 1.54) is 0 Å². The first-order valence-corrected chi connectivity index (χ1v) is 6.70. The van der Waals surface area contributed by atoms with Crippen molar-refractivity contribution in [3.05, 3.63) is 25.3 Å². The molecular formula is C14H24O6. The molecule has 0 radical (unpaired) electrons. The van der Waals surface area contributed by atoms with E-state index in [-0.39, 0.29) is 37.6 Å². The molecule has 0 aromatic carbocycles. The van der Waals surface area contributed by atoms with Crippen molar-refractivity contribution in [2.45, 2.75) is 24.4 Å². The summed E-state index contributed by atoms with van der Waals surface area (Å²) in [5.41, 5.74) is 0. The average molecular weight is 288 g/mol. The second-order valence-electron chi connectivity index (χ2n) is 4.34. The number of ether oxygens (including phenoxy) is 4. The van der Waals surface area contributed by atoms with Gasteiger partial charge in [-0.15, -0.1) is 13.2 Å². The van der Waals surface area contributed by atoms with Crippen LogP contribution in [0.2, 0.25) is 0 Å². The van der Waals surface area contributed by atoms with Crippen LogP contribution in [0.25, 0.3) is 0 Å². The maximum atomic E-state index is 8.09. The van der Waals surface area contributed by atoms with E-state index in [4.69, 9.17) is 24.4 Å². The number of epoxide rings is 2. The summed E-state index contributed by atoms with van der Waals surface area (Å²) in [6, 6.07) is 0. The summed E-state index contributed by atoms with van der Waals surface area (Å²) in [6.07, 6.45) is 3.89. The van der Waals surface area contributed by atoms with Gasteiger partial charge in [0.25, 0.3) is 0 Å². The van der Waals surface area contributed by atoms with Crippen LogP contribution in [0.3, 0.4) is 0 Å². The first-order valence-electron chi connectivity index (χ1n) is 6.70. The summed E-state index contributed by atoms with van der Waals surface area (Å²) in [5.74, 6) is 0. The summed E-state index contributed by atoms with van der Waals surface area (Å²) in [7, 11) is 0. The van der Waals surface area contributed by atoms with E-state index in [0.717, 1.165) is 13.2 Å². The van der Waals surface area contributed by atoms with Crippen molar-refractivity contribution in [1.29, 1.82) is 0 Å². The van der Waals surface area contributed by atoms with Gasteiger partial charge in [-0.05, 0) is 0 Å². The number of hydrogen-bond donors (Lipinski definition) is 2. The summed E-state index contributed by atoms with van der Waals surface area (Å²) < 4.78 is 20.6. The first-order chi connectivity index (χ1) is 9.76. The molecule has 20 heavy (non-hydrogen) atoms. The zero-order valence-electron chi connectivity index (χ0n) is 11.6. The molecule has 2 heterocycles. The fraction of sp³-hybridized carbons (Fsp3) is 0.714. The van der Waals surface area contributed by atoms with Crippen molar-refractivity contribution in [1.82, 2.24) is 0 Å². The van der Waals surface area contributed by atoms with Crippen molar-refractivity contribution in [2.75, 3.05) is 39.6 Å². The molecule has 2 rings (SSSR count). The Hall–Kier alpha value is -0.760. The molecule has 4 atom stereocenters. The summed E-state index contributed by atoms with van der Waals surface area (Å²) in [6.45, 7) is 9.65. The number of hydrogen-bond acceptors (Lipinski definition) is 6. The van der Waals surface area contributed by atoms with Gasteiger partial charge in [-0.2, -0.15) is 0 Å². The maximum Gasteiger partial charge on any atom is 0.111 e. The minimum atomic E-state index is -0.0211. The minimum Gasteiger partial charge on any atom is -0.394 e. The lowest BCUT2D eigenvalue weighted by Gasteiger charge is -2.16. The zero-order chi connectivity index (χ0) is 14.8. The van der Waals surface area contributed by atoms with Crippen LogP contribution in [0.4, 0.5) is 0 Å². The summed E-state index contributed by atoms with van der Waals surface area (Å²) in [5, 5.41) is 16.2. The molecule has 2 N–H and O–H groups in total. The standard InChI is InChI=1S/C10H14O3.C4H10O3/c1-3-7(9-5-11-9)13-8(4-2)10-6-12-10;5-1-3-7-4-2-6/h3-4,7-10H,1-2,5-6H2;5-6H,1-4H2. The molecule has 0 aliphatic carbocycles. The van der Waals surface area contributed by atoms with Gasteiger partial charge in [-0.3, -0.25) is 0 Å². The van der Waals surface area contributed by atoms with Crippen molar-refractivity contribution >= 4 is 0 Å². The Morgan fingerprint density at radius 2 is 1.40 bits per heavy atom. The lowest BCUT2D eigenvalue weighted by atomic mass is 10.2. The maximum absolute atomic E-state index is 8.09. The smallest absolute Gasteiger partial charge is 0.111 e. The van der Waals surface area contributed by atoms with Gasteiger partial charge in [0.2, 0.25) is 0 Å². The van der Waals surface area contributed by atoms with Crippen LogP contribution in [0.1, 0.15) is 0 Å². The third kappa shape index (κ3) is 7.14. The largest absolute Gasteiger partial charge is 0.394 e. The third-order valence-electron chi connectivity index (χ3n) is 2.70. The van der Waals surface area contributed by atoms with Crippen LogP contribution in [-0.4, -0.2) is 74.3 Å². The average Bonchev–Trinajstić information content (AvgIpc) is 3.33. The molecule has 2 fully saturated rings. The van der Waals surface area contributed by atoms with Gasteiger partial charge in [-0.1, -0.05) is 12.2 Å². The van der Waals surface area contributed by atoms with E-state index in [0.29, 0.717) is 13.2 Å². The van der Waals surface area contributed by atoms with Crippen molar-refractivity contribution in [3.63, 3.8) is 0 Å². The molecule has 2 aliphatic heterocycles. The second kappa shape index (κ2) is 10.0. The molecule has 0 spiro atoms. The minimum absolute atomic E-state index is 0.0211. The van der Waals surface area contributed by atoms with Crippen LogP contribution >= 0.6 is 0 Å². The van der Waals surface area contributed by atoms with Crippen molar-refractivity contribution in [2.24, 2.45) is 0 Å². The summed E-state index contributed by atoms with van der Waals surface area (Å²) in [4.78, 5) is 0. The fourth-order valence-electron chi connectivity index (χ4n) is 1.49. The fourth-order valence-corrected chi connectivity index (χ4v) is 1.49. The van der Waals surface area contributed by atoms with Gasteiger partial charge in [0, 0.05) is 0 Å². The Balaban J connectivity index is 0.000000246. The van der Waals surface area contributed by atoms with Gasteiger partial charge in [0.05, 0.1) is 39.6 Å². The predicted molar refractivity (Wildman–Crippen MR) is 73.5 cm³/mol. The Labute approximate surface area is 119 Å². The molecule has 2 saturated heterocycles. The van der Waals surface area contributed by atoms with Crippen LogP contribution in [0, 0.1) is 0 Å². The van der Waals surface area contributed by atoms with E-state index in [1.54, 1.807) is 12.2 Å². The molecule has 6 heteroatoms. The molecule has 0 aromatic rings. The lowest BCUT2D eigenvalue weighted by Crippen LogP contribution is -2.27. The van der Waals surface area contributed by atoms with E-state index in [1.807, 2.05) is 0 Å². The van der Waals surface area contributed by atoms with Gasteiger partial charge < -0.3 is 29.2 Å². The number of aliphatic hydroxyl groups is 2. The molecule has 0 bridgehead atoms. The molecule has 116 valence electrons. The SMILES string of the molecule is C=CC(OC(C=C)C1CO1)C1CO1.OCCOCCO. The molecule has 0 saturated carbocycles. The molecule has 0 aromatic heterocycles. The normalized spacial score (nSPS) is 25.9. The Morgan fingerprint density at radius 1 is 1.00 bits per heavy atom. The highest BCUT2D eigenvalue weighted by Gasteiger charge is 2.38. The molecule has 0 amide bonds. The highest BCUT2D eigenvalue weighted by Crippen LogP contribution is 2.24. The number of aliphatic hydroxyl groups excluding tert-OH is 2. The van der Waals surface area contributed by atoms with Crippen LogP contribution in [0.5, 0.6) is 0 Å².